The smallest absolute Gasteiger partial charge is 0.331 e. The quantitative estimate of drug-likeness (QED) is 0.578. The SMILES string of the molecule is CCN(C(=O)COC(=O)/C=C/c1ccc2c(c1)OCCO2)C1=CCCC1. The fourth-order valence-electron chi connectivity index (χ4n) is 3.03. The van der Waals surface area contributed by atoms with Crippen LogP contribution >= 0.6 is 0 Å². The number of carbonyl (C=O) groups excluding carboxylic acids is 2. The Morgan fingerprint density at radius 2 is 2.04 bits per heavy atom. The largest absolute Gasteiger partial charge is 0.486 e. The van der Waals surface area contributed by atoms with Crippen LogP contribution in [0.15, 0.2) is 36.0 Å². The molecule has 0 radical (unpaired) electrons. The molecule has 1 amide bonds. The van der Waals surface area contributed by atoms with E-state index in [4.69, 9.17) is 14.2 Å². The predicted molar refractivity (Wildman–Crippen MR) is 96.7 cm³/mol. The van der Waals surface area contributed by atoms with Crippen molar-refractivity contribution < 1.29 is 23.8 Å². The number of nitrogens with zero attached hydrogens (tertiary/aromatic N) is 1. The number of ether oxygens (including phenoxy) is 3. The number of hydrogen-bond acceptors (Lipinski definition) is 5. The average molecular weight is 357 g/mol. The number of amides is 1. The van der Waals surface area contributed by atoms with Crippen molar-refractivity contribution in [2.45, 2.75) is 26.2 Å². The lowest BCUT2D eigenvalue weighted by Crippen LogP contribution is -2.33. The van der Waals surface area contributed by atoms with E-state index in [1.807, 2.05) is 13.0 Å². The predicted octanol–water partition coefficient (Wildman–Crippen LogP) is 2.93. The van der Waals surface area contributed by atoms with E-state index >= 15 is 0 Å². The van der Waals surface area contributed by atoms with Crippen molar-refractivity contribution in [1.82, 2.24) is 4.90 Å². The summed E-state index contributed by atoms with van der Waals surface area (Å²) < 4.78 is 16.0. The fourth-order valence-corrected chi connectivity index (χ4v) is 3.03. The third kappa shape index (κ3) is 4.45. The molecule has 3 rings (SSSR count). The average Bonchev–Trinajstić information content (AvgIpc) is 3.19. The Balaban J connectivity index is 1.52. The molecule has 1 aromatic rings. The van der Waals surface area contributed by atoms with Crippen LogP contribution in [0.2, 0.25) is 0 Å². The van der Waals surface area contributed by atoms with E-state index in [-0.39, 0.29) is 12.5 Å². The Morgan fingerprint density at radius 1 is 1.23 bits per heavy atom. The van der Waals surface area contributed by atoms with Gasteiger partial charge in [0.05, 0.1) is 0 Å². The molecule has 0 aromatic heterocycles. The van der Waals surface area contributed by atoms with Crippen LogP contribution in [0.1, 0.15) is 31.7 Å². The van der Waals surface area contributed by atoms with Crippen LogP contribution in [0.25, 0.3) is 6.08 Å². The van der Waals surface area contributed by atoms with E-state index < -0.39 is 5.97 Å². The van der Waals surface area contributed by atoms with Crippen LogP contribution in [0.4, 0.5) is 0 Å². The monoisotopic (exact) mass is 357 g/mol. The highest BCUT2D eigenvalue weighted by Crippen LogP contribution is 2.31. The van der Waals surface area contributed by atoms with Crippen LogP contribution in [0.3, 0.4) is 0 Å². The summed E-state index contributed by atoms with van der Waals surface area (Å²) in [6.07, 6.45) is 7.98. The maximum atomic E-state index is 12.3. The highest BCUT2D eigenvalue weighted by Gasteiger charge is 2.19. The first-order valence-corrected chi connectivity index (χ1v) is 8.91. The molecule has 0 spiro atoms. The molecule has 0 unspecified atom stereocenters. The Hall–Kier alpha value is -2.76. The zero-order chi connectivity index (χ0) is 18.4. The van der Waals surface area contributed by atoms with E-state index in [1.165, 1.54) is 6.08 Å². The summed E-state index contributed by atoms with van der Waals surface area (Å²) >= 11 is 0. The molecule has 1 aromatic carbocycles. The van der Waals surface area contributed by atoms with Crippen molar-refractivity contribution in [3.63, 3.8) is 0 Å². The van der Waals surface area contributed by atoms with Gasteiger partial charge in [-0.15, -0.1) is 0 Å². The van der Waals surface area contributed by atoms with Crippen molar-refractivity contribution in [3.05, 3.63) is 41.6 Å². The summed E-state index contributed by atoms with van der Waals surface area (Å²) in [5.74, 6) is 0.610. The van der Waals surface area contributed by atoms with Gasteiger partial charge in [-0.05, 0) is 50.0 Å². The van der Waals surface area contributed by atoms with E-state index in [0.717, 1.165) is 30.5 Å². The lowest BCUT2D eigenvalue weighted by Gasteiger charge is -2.21. The Kier molecular flexibility index (Phi) is 5.94. The highest BCUT2D eigenvalue weighted by atomic mass is 16.6. The standard InChI is InChI=1S/C20H23NO5/c1-2-21(16-5-3-4-6-16)19(22)14-26-20(23)10-8-15-7-9-17-18(13-15)25-12-11-24-17/h5,7-10,13H,2-4,6,11-12,14H2,1H3/b10-8+. The van der Waals surface area contributed by atoms with Crippen LogP contribution in [0, 0.1) is 0 Å². The second-order valence-corrected chi connectivity index (χ2v) is 6.07. The molecule has 6 heteroatoms. The van der Waals surface area contributed by atoms with Gasteiger partial charge in [0.1, 0.15) is 13.2 Å². The molecule has 2 aliphatic rings. The van der Waals surface area contributed by atoms with Gasteiger partial charge in [0, 0.05) is 18.3 Å². The molecule has 0 saturated heterocycles. The fraction of sp³-hybridized carbons (Fsp3) is 0.400. The number of rotatable bonds is 6. The molecule has 1 heterocycles. The normalized spacial score (nSPS) is 15.7. The number of allylic oxidation sites excluding steroid dienone is 2. The third-order valence-corrected chi connectivity index (χ3v) is 4.30. The minimum atomic E-state index is -0.551. The lowest BCUT2D eigenvalue weighted by molar-refractivity contribution is -0.147. The van der Waals surface area contributed by atoms with Gasteiger partial charge in [-0.1, -0.05) is 12.1 Å². The zero-order valence-corrected chi connectivity index (χ0v) is 14.9. The number of fused-ring (bicyclic) bond motifs is 1. The van der Waals surface area contributed by atoms with Crippen molar-refractivity contribution in [2.24, 2.45) is 0 Å². The summed E-state index contributed by atoms with van der Waals surface area (Å²) in [5.41, 5.74) is 1.82. The zero-order valence-electron chi connectivity index (χ0n) is 14.9. The molecule has 6 nitrogen and oxygen atoms in total. The molecule has 26 heavy (non-hydrogen) atoms. The molecule has 0 fully saturated rings. The van der Waals surface area contributed by atoms with Crippen LogP contribution in [-0.4, -0.2) is 43.1 Å². The molecule has 1 aliphatic heterocycles. The van der Waals surface area contributed by atoms with E-state index in [0.29, 0.717) is 31.3 Å². The van der Waals surface area contributed by atoms with Crippen LogP contribution in [0.5, 0.6) is 11.5 Å². The number of likely N-dealkylation sites (N-methyl/N-ethyl adjacent to an activating group) is 1. The summed E-state index contributed by atoms with van der Waals surface area (Å²) in [5, 5.41) is 0. The Morgan fingerprint density at radius 3 is 2.77 bits per heavy atom. The summed E-state index contributed by atoms with van der Waals surface area (Å²) in [6, 6.07) is 5.43. The first-order valence-electron chi connectivity index (χ1n) is 8.91. The van der Waals surface area contributed by atoms with Gasteiger partial charge in [-0.2, -0.15) is 0 Å². The van der Waals surface area contributed by atoms with Crippen LogP contribution in [-0.2, 0) is 14.3 Å². The van der Waals surface area contributed by atoms with Crippen molar-refractivity contribution in [2.75, 3.05) is 26.4 Å². The number of esters is 1. The van der Waals surface area contributed by atoms with Gasteiger partial charge in [-0.3, -0.25) is 4.79 Å². The molecule has 0 N–H and O–H groups in total. The first-order chi connectivity index (χ1) is 12.7. The minimum absolute atomic E-state index is 0.193. The van der Waals surface area contributed by atoms with Gasteiger partial charge in [0.2, 0.25) is 0 Å². The second-order valence-electron chi connectivity index (χ2n) is 6.07. The van der Waals surface area contributed by atoms with Gasteiger partial charge in [0.25, 0.3) is 5.91 Å². The molecule has 0 saturated carbocycles. The van der Waals surface area contributed by atoms with Gasteiger partial charge >= 0.3 is 5.97 Å². The third-order valence-electron chi connectivity index (χ3n) is 4.30. The second kappa shape index (κ2) is 8.56. The van der Waals surface area contributed by atoms with Crippen molar-refractivity contribution in [3.8, 4) is 11.5 Å². The summed E-state index contributed by atoms with van der Waals surface area (Å²) in [6.45, 7) is 3.29. The number of hydrogen-bond donors (Lipinski definition) is 0. The Labute approximate surface area is 153 Å². The molecule has 138 valence electrons. The maximum Gasteiger partial charge on any atom is 0.331 e. The van der Waals surface area contributed by atoms with Crippen molar-refractivity contribution >= 4 is 18.0 Å². The highest BCUT2D eigenvalue weighted by molar-refractivity contribution is 5.89. The lowest BCUT2D eigenvalue weighted by atomic mass is 10.2. The number of benzene rings is 1. The van der Waals surface area contributed by atoms with Gasteiger partial charge in [0.15, 0.2) is 18.1 Å². The van der Waals surface area contributed by atoms with E-state index in [9.17, 15) is 9.59 Å². The molecule has 0 atom stereocenters. The number of carbonyl (C=O) groups is 2. The van der Waals surface area contributed by atoms with Crippen LogP contribution < -0.4 is 9.47 Å². The Bertz CT molecular complexity index is 738. The molecular weight excluding hydrogens is 334 g/mol. The molecule has 0 bridgehead atoms. The maximum absolute atomic E-state index is 12.3. The first kappa shape index (κ1) is 18.0. The molecule has 1 aliphatic carbocycles. The summed E-state index contributed by atoms with van der Waals surface area (Å²) in [7, 11) is 0. The van der Waals surface area contributed by atoms with Gasteiger partial charge < -0.3 is 19.1 Å². The molecular formula is C20H23NO5. The minimum Gasteiger partial charge on any atom is -0.486 e. The van der Waals surface area contributed by atoms with E-state index in [1.54, 1.807) is 23.1 Å². The topological polar surface area (TPSA) is 65.1 Å². The van der Waals surface area contributed by atoms with E-state index in [2.05, 4.69) is 6.08 Å². The van der Waals surface area contributed by atoms with Gasteiger partial charge in [-0.25, -0.2) is 4.79 Å². The summed E-state index contributed by atoms with van der Waals surface area (Å²) in [4.78, 5) is 25.8. The van der Waals surface area contributed by atoms with Crippen molar-refractivity contribution in [1.29, 1.82) is 0 Å².